The molecule has 9 heteroatoms. The molecule has 38 heavy (non-hydrogen) atoms. The smallest absolute Gasteiger partial charge is 0.155 e. The van der Waals surface area contributed by atoms with Crippen LogP contribution in [0.2, 0.25) is 0 Å². The minimum absolute atomic E-state index is 0.00863. The van der Waals surface area contributed by atoms with Crippen molar-refractivity contribution >= 4 is 22.9 Å². The van der Waals surface area contributed by atoms with Crippen molar-refractivity contribution in [2.24, 2.45) is 4.99 Å². The minimum atomic E-state index is -0.824. The number of ether oxygens (including phenoxy) is 1. The Hall–Kier alpha value is -2.85. The molecule has 1 aromatic carbocycles. The molecule has 2 aliphatic heterocycles. The van der Waals surface area contributed by atoms with Crippen LogP contribution in [0.15, 0.2) is 65.2 Å². The van der Waals surface area contributed by atoms with Crippen LogP contribution in [0, 0.1) is 6.92 Å². The first-order valence-corrected chi connectivity index (χ1v) is 14.1. The molecule has 2 unspecified atom stereocenters. The maximum absolute atomic E-state index is 14.7. The van der Waals surface area contributed by atoms with Gasteiger partial charge in [-0.15, -0.1) is 11.3 Å². The molecule has 0 N–H and O–H groups in total. The van der Waals surface area contributed by atoms with Crippen molar-refractivity contribution in [2.45, 2.75) is 32.1 Å². The Kier molecular flexibility index (Phi) is 8.68. The predicted molar refractivity (Wildman–Crippen MR) is 153 cm³/mol. The Balaban J connectivity index is 1.34. The van der Waals surface area contributed by atoms with Crippen LogP contribution in [0.1, 0.15) is 16.9 Å². The van der Waals surface area contributed by atoms with Crippen molar-refractivity contribution in [3.8, 4) is 11.3 Å². The monoisotopic (exact) mass is 536 g/mol. The second-order valence-electron chi connectivity index (χ2n) is 10.3. The second kappa shape index (κ2) is 12.3. The molecule has 202 valence electrons. The number of alkyl halides is 1. The fourth-order valence-electron chi connectivity index (χ4n) is 5.02. The molecule has 2 fully saturated rings. The summed E-state index contributed by atoms with van der Waals surface area (Å²) < 4.78 is 22.0. The van der Waals surface area contributed by atoms with Gasteiger partial charge in [0, 0.05) is 67.0 Å². The molecule has 2 aliphatic rings. The number of hydrogen-bond donors (Lipinski definition) is 0. The first kappa shape index (κ1) is 26.7. The quantitative estimate of drug-likeness (QED) is 0.320. The summed E-state index contributed by atoms with van der Waals surface area (Å²) in [7, 11) is 3.93. The van der Waals surface area contributed by atoms with E-state index in [0.717, 1.165) is 68.6 Å². The predicted octanol–water partition coefficient (Wildman–Crippen LogP) is 4.82. The normalized spacial score (nSPS) is 21.6. The van der Waals surface area contributed by atoms with Gasteiger partial charge in [0.2, 0.25) is 0 Å². The van der Waals surface area contributed by atoms with Gasteiger partial charge in [-0.2, -0.15) is 5.10 Å². The summed E-state index contributed by atoms with van der Waals surface area (Å²) in [6, 6.07) is 12.5. The Labute approximate surface area is 228 Å². The fraction of sp³-hybridized carbons (Fsp3) is 0.448. The van der Waals surface area contributed by atoms with E-state index >= 15 is 0 Å². The van der Waals surface area contributed by atoms with Crippen molar-refractivity contribution in [3.63, 3.8) is 0 Å². The number of aliphatic imine (C=N–C) groups is 1. The van der Waals surface area contributed by atoms with E-state index < -0.39 is 6.17 Å². The largest absolute Gasteiger partial charge is 0.378 e. The van der Waals surface area contributed by atoms with Crippen LogP contribution in [0.3, 0.4) is 0 Å². The van der Waals surface area contributed by atoms with Gasteiger partial charge in [0.15, 0.2) is 5.84 Å². The Morgan fingerprint density at radius 2 is 2.05 bits per heavy atom. The van der Waals surface area contributed by atoms with E-state index in [2.05, 4.69) is 58.6 Å². The molecule has 2 aromatic heterocycles. The Bertz CT molecular complexity index is 1260. The van der Waals surface area contributed by atoms with Crippen molar-refractivity contribution in [3.05, 3.63) is 70.7 Å². The Morgan fingerprint density at radius 1 is 1.21 bits per heavy atom. The number of likely N-dealkylation sites (tertiary alicyclic amines) is 1. The number of rotatable bonds is 7. The number of allylic oxidation sites excluding steroid dienone is 1. The lowest BCUT2D eigenvalue weighted by Crippen LogP contribution is -2.49. The summed E-state index contributed by atoms with van der Waals surface area (Å²) in [6.45, 7) is 7.40. The SMILES string of the molecule is Cc1cccc(-c2ccn(C(/C=C/N3CCOCC3)=N/c3csc(CN4CCC(N(C)C)C(F)C4)c3)n2)c1. The summed E-state index contributed by atoms with van der Waals surface area (Å²) in [4.78, 5) is 12.6. The summed E-state index contributed by atoms with van der Waals surface area (Å²) in [5, 5.41) is 6.92. The molecule has 7 nitrogen and oxygen atoms in total. The molecule has 0 bridgehead atoms. The lowest BCUT2D eigenvalue weighted by Gasteiger charge is -2.37. The van der Waals surface area contributed by atoms with Crippen molar-refractivity contribution in [1.29, 1.82) is 0 Å². The van der Waals surface area contributed by atoms with Gasteiger partial charge in [-0.05, 0) is 51.7 Å². The molecule has 4 heterocycles. The molecular formula is C29H37FN6OS. The van der Waals surface area contributed by atoms with Crippen LogP contribution >= 0.6 is 11.3 Å². The second-order valence-corrected chi connectivity index (χ2v) is 11.3. The number of hydrogen-bond acceptors (Lipinski definition) is 7. The first-order valence-electron chi connectivity index (χ1n) is 13.3. The summed E-state index contributed by atoms with van der Waals surface area (Å²) in [5.41, 5.74) is 4.09. The maximum Gasteiger partial charge on any atom is 0.155 e. The van der Waals surface area contributed by atoms with E-state index in [0.29, 0.717) is 6.54 Å². The molecule has 0 radical (unpaired) electrons. The highest BCUT2D eigenvalue weighted by atomic mass is 32.1. The topological polar surface area (TPSA) is 49.1 Å². The van der Waals surface area contributed by atoms with Gasteiger partial charge >= 0.3 is 0 Å². The van der Waals surface area contributed by atoms with Gasteiger partial charge in [0.05, 0.1) is 24.6 Å². The maximum atomic E-state index is 14.7. The molecule has 2 saturated heterocycles. The van der Waals surface area contributed by atoms with Crippen LogP contribution in [-0.4, -0.2) is 96.0 Å². The number of nitrogens with zero attached hydrogens (tertiary/aromatic N) is 6. The van der Waals surface area contributed by atoms with E-state index in [4.69, 9.17) is 14.8 Å². The number of morpholine rings is 1. The molecule has 0 saturated carbocycles. The summed E-state index contributed by atoms with van der Waals surface area (Å²) in [5.74, 6) is 0.746. The van der Waals surface area contributed by atoms with E-state index in [-0.39, 0.29) is 6.04 Å². The van der Waals surface area contributed by atoms with Gasteiger partial charge in [0.25, 0.3) is 0 Å². The van der Waals surface area contributed by atoms with Gasteiger partial charge in [0.1, 0.15) is 6.17 Å². The van der Waals surface area contributed by atoms with Gasteiger partial charge < -0.3 is 14.5 Å². The highest BCUT2D eigenvalue weighted by Crippen LogP contribution is 2.27. The number of piperidine rings is 1. The molecular weight excluding hydrogens is 499 g/mol. The van der Waals surface area contributed by atoms with Crippen molar-refractivity contribution < 1.29 is 9.13 Å². The van der Waals surface area contributed by atoms with Gasteiger partial charge in [-0.1, -0.05) is 23.8 Å². The van der Waals surface area contributed by atoms with Gasteiger partial charge in [-0.25, -0.2) is 14.1 Å². The molecule has 0 amide bonds. The van der Waals surface area contributed by atoms with E-state index in [1.807, 2.05) is 42.0 Å². The van der Waals surface area contributed by atoms with Crippen molar-refractivity contribution in [1.82, 2.24) is 24.5 Å². The van der Waals surface area contributed by atoms with Crippen molar-refractivity contribution in [2.75, 3.05) is 53.5 Å². The molecule has 2 atom stereocenters. The van der Waals surface area contributed by atoms with Crippen LogP contribution in [0.25, 0.3) is 11.3 Å². The average Bonchev–Trinajstić information content (AvgIpc) is 3.57. The lowest BCUT2D eigenvalue weighted by molar-refractivity contribution is 0.0550. The first-order chi connectivity index (χ1) is 18.4. The van der Waals surface area contributed by atoms with Crippen LogP contribution in [0.4, 0.5) is 10.1 Å². The fourth-order valence-corrected chi connectivity index (χ4v) is 5.86. The van der Waals surface area contributed by atoms with Crippen LogP contribution in [0.5, 0.6) is 0 Å². The zero-order chi connectivity index (χ0) is 26.5. The average molecular weight is 537 g/mol. The van der Waals surface area contributed by atoms with Crippen LogP contribution < -0.4 is 0 Å². The van der Waals surface area contributed by atoms with E-state index in [9.17, 15) is 4.39 Å². The number of benzene rings is 1. The third-order valence-electron chi connectivity index (χ3n) is 7.14. The number of aryl methyl sites for hydroxylation is 1. The number of thiophene rings is 1. The summed E-state index contributed by atoms with van der Waals surface area (Å²) in [6.07, 6.45) is 6.09. The van der Waals surface area contributed by atoms with Crippen LogP contribution in [-0.2, 0) is 11.3 Å². The lowest BCUT2D eigenvalue weighted by atomic mass is 10.0. The standard InChI is InChI=1S/C29H37FN6OS/c1-22-5-4-6-23(17-22)27-7-12-36(32-27)29(9-11-34-13-15-37-16-14-34)31-24-18-25(38-21-24)19-35-10-8-28(33(2)3)26(30)20-35/h4-7,9,11-12,17-18,21,26,28H,8,10,13-16,19-20H2,1-3H3/b11-9+,31-29+. The molecule has 5 rings (SSSR count). The van der Waals surface area contributed by atoms with E-state index in [1.54, 1.807) is 11.3 Å². The highest BCUT2D eigenvalue weighted by Gasteiger charge is 2.30. The Morgan fingerprint density at radius 3 is 2.82 bits per heavy atom. The van der Waals surface area contributed by atoms with E-state index in [1.165, 1.54) is 10.4 Å². The summed E-state index contributed by atoms with van der Waals surface area (Å²) >= 11 is 1.68. The third kappa shape index (κ3) is 6.77. The molecule has 0 spiro atoms. The molecule has 0 aliphatic carbocycles. The highest BCUT2D eigenvalue weighted by molar-refractivity contribution is 7.10. The number of aromatic nitrogens is 2. The zero-order valence-electron chi connectivity index (χ0n) is 22.5. The third-order valence-corrected chi connectivity index (χ3v) is 8.04. The molecule has 3 aromatic rings. The number of halogens is 1. The minimum Gasteiger partial charge on any atom is -0.378 e. The zero-order valence-corrected chi connectivity index (χ0v) is 23.3. The van der Waals surface area contributed by atoms with Gasteiger partial charge in [-0.3, -0.25) is 4.90 Å².